The lowest BCUT2D eigenvalue weighted by Crippen LogP contribution is -2.38. The Hall–Kier alpha value is -2.06. The summed E-state index contributed by atoms with van der Waals surface area (Å²) in [5.74, 6) is 0. The van der Waals surface area contributed by atoms with E-state index in [1.807, 2.05) is 63.2 Å². The molecule has 0 heterocycles. The molecular formula is C18H21NO. The molecule has 0 radical (unpaired) electrons. The maximum atomic E-state index is 10.2. The molecule has 0 atom stereocenters. The SMILES string of the molecule is CC(C)(C)N(O)c1cccc(/C=C/c2ccccc2)c1. The van der Waals surface area contributed by atoms with Gasteiger partial charge in [0.05, 0.1) is 11.2 Å². The lowest BCUT2D eigenvalue weighted by atomic mass is 10.1. The molecule has 0 aliphatic rings. The average Bonchev–Trinajstić information content (AvgIpc) is 2.45. The molecule has 2 rings (SSSR count). The molecule has 0 aliphatic heterocycles. The van der Waals surface area contributed by atoms with E-state index in [1.165, 1.54) is 5.06 Å². The zero-order valence-electron chi connectivity index (χ0n) is 12.2. The zero-order chi connectivity index (χ0) is 14.6. The van der Waals surface area contributed by atoms with Crippen molar-refractivity contribution in [2.75, 3.05) is 5.06 Å². The van der Waals surface area contributed by atoms with Crippen LogP contribution in [0.2, 0.25) is 0 Å². The van der Waals surface area contributed by atoms with Gasteiger partial charge < -0.3 is 0 Å². The van der Waals surface area contributed by atoms with Crippen LogP contribution in [0.15, 0.2) is 54.6 Å². The first-order valence-corrected chi connectivity index (χ1v) is 6.79. The average molecular weight is 267 g/mol. The van der Waals surface area contributed by atoms with Gasteiger partial charge in [0.15, 0.2) is 0 Å². The Morgan fingerprint density at radius 2 is 1.45 bits per heavy atom. The van der Waals surface area contributed by atoms with Crippen LogP contribution in [-0.2, 0) is 0 Å². The minimum absolute atomic E-state index is 0.318. The van der Waals surface area contributed by atoms with Crippen molar-refractivity contribution in [3.63, 3.8) is 0 Å². The Kier molecular flexibility index (Phi) is 4.26. The number of hydrogen-bond acceptors (Lipinski definition) is 2. The summed E-state index contributed by atoms with van der Waals surface area (Å²) >= 11 is 0. The fourth-order valence-corrected chi connectivity index (χ4v) is 1.90. The van der Waals surface area contributed by atoms with Gasteiger partial charge in [-0.3, -0.25) is 10.3 Å². The zero-order valence-corrected chi connectivity index (χ0v) is 12.2. The summed E-state index contributed by atoms with van der Waals surface area (Å²) in [7, 11) is 0. The van der Waals surface area contributed by atoms with Crippen molar-refractivity contribution in [2.45, 2.75) is 26.3 Å². The highest BCUT2D eigenvalue weighted by molar-refractivity contribution is 5.71. The largest absolute Gasteiger partial charge is 0.288 e. The smallest absolute Gasteiger partial charge is 0.0646 e. The second kappa shape index (κ2) is 5.93. The highest BCUT2D eigenvalue weighted by Crippen LogP contribution is 2.23. The predicted octanol–water partition coefficient (Wildman–Crippen LogP) is 4.85. The van der Waals surface area contributed by atoms with Crippen LogP contribution in [0.1, 0.15) is 31.9 Å². The number of rotatable bonds is 3. The molecule has 104 valence electrons. The van der Waals surface area contributed by atoms with Crippen LogP contribution in [0, 0.1) is 0 Å². The first kappa shape index (κ1) is 14.4. The van der Waals surface area contributed by atoms with E-state index in [4.69, 9.17) is 0 Å². The summed E-state index contributed by atoms with van der Waals surface area (Å²) in [5.41, 5.74) is 2.71. The molecule has 0 saturated heterocycles. The van der Waals surface area contributed by atoms with Crippen molar-refractivity contribution < 1.29 is 5.21 Å². The standard InChI is InChI=1S/C18H21NO/c1-18(2,3)19(20)17-11-7-10-16(14-17)13-12-15-8-5-4-6-9-15/h4-14,20H,1-3H3/b13-12+. The van der Waals surface area contributed by atoms with Crippen LogP contribution in [0.25, 0.3) is 12.2 Å². The number of anilines is 1. The van der Waals surface area contributed by atoms with Gasteiger partial charge in [-0.2, -0.15) is 0 Å². The van der Waals surface area contributed by atoms with Crippen LogP contribution < -0.4 is 5.06 Å². The van der Waals surface area contributed by atoms with Gasteiger partial charge in [0, 0.05) is 0 Å². The first-order chi connectivity index (χ1) is 9.47. The van der Waals surface area contributed by atoms with Gasteiger partial charge in [-0.1, -0.05) is 54.6 Å². The molecule has 0 aliphatic carbocycles. The van der Waals surface area contributed by atoms with E-state index in [2.05, 4.69) is 24.3 Å². The highest BCUT2D eigenvalue weighted by Gasteiger charge is 2.19. The second-order valence-corrected chi connectivity index (χ2v) is 5.82. The molecule has 0 spiro atoms. The van der Waals surface area contributed by atoms with E-state index in [9.17, 15) is 5.21 Å². The van der Waals surface area contributed by atoms with Gasteiger partial charge in [0.1, 0.15) is 0 Å². The summed E-state index contributed by atoms with van der Waals surface area (Å²) in [4.78, 5) is 0. The molecule has 1 N–H and O–H groups in total. The predicted molar refractivity (Wildman–Crippen MR) is 85.8 cm³/mol. The lowest BCUT2D eigenvalue weighted by Gasteiger charge is -2.31. The molecule has 0 saturated carbocycles. The molecule has 2 aromatic rings. The van der Waals surface area contributed by atoms with Crippen LogP contribution in [0.5, 0.6) is 0 Å². The summed E-state index contributed by atoms with van der Waals surface area (Å²) in [5, 5.41) is 11.5. The Morgan fingerprint density at radius 1 is 0.850 bits per heavy atom. The van der Waals surface area contributed by atoms with Crippen molar-refractivity contribution in [3.05, 3.63) is 65.7 Å². The minimum Gasteiger partial charge on any atom is -0.288 e. The van der Waals surface area contributed by atoms with Gasteiger partial charge >= 0.3 is 0 Å². The Bertz CT molecular complexity index is 582. The van der Waals surface area contributed by atoms with Crippen molar-refractivity contribution >= 4 is 17.8 Å². The first-order valence-electron chi connectivity index (χ1n) is 6.79. The molecule has 2 aromatic carbocycles. The van der Waals surface area contributed by atoms with E-state index < -0.39 is 0 Å². The molecule has 20 heavy (non-hydrogen) atoms. The third kappa shape index (κ3) is 3.72. The lowest BCUT2D eigenvalue weighted by molar-refractivity contribution is 0.181. The second-order valence-electron chi connectivity index (χ2n) is 5.82. The fraction of sp³-hybridized carbons (Fsp3) is 0.222. The molecule has 0 unspecified atom stereocenters. The molecule has 0 amide bonds. The molecule has 0 fully saturated rings. The van der Waals surface area contributed by atoms with E-state index >= 15 is 0 Å². The quantitative estimate of drug-likeness (QED) is 0.634. The summed E-state index contributed by atoms with van der Waals surface area (Å²) in [6, 6.07) is 18.0. The maximum absolute atomic E-state index is 10.2. The number of hydroxylamine groups is 1. The topological polar surface area (TPSA) is 23.5 Å². The maximum Gasteiger partial charge on any atom is 0.0646 e. The fourth-order valence-electron chi connectivity index (χ4n) is 1.90. The van der Waals surface area contributed by atoms with E-state index in [0.29, 0.717) is 0 Å². The Labute approximate surface area is 120 Å². The minimum atomic E-state index is -0.318. The van der Waals surface area contributed by atoms with E-state index in [0.717, 1.165) is 16.8 Å². The molecule has 0 bridgehead atoms. The molecule has 0 aromatic heterocycles. The monoisotopic (exact) mass is 267 g/mol. The van der Waals surface area contributed by atoms with Crippen LogP contribution in [0.4, 0.5) is 5.69 Å². The van der Waals surface area contributed by atoms with Crippen molar-refractivity contribution in [1.82, 2.24) is 0 Å². The number of nitrogens with zero attached hydrogens (tertiary/aromatic N) is 1. The van der Waals surface area contributed by atoms with E-state index in [1.54, 1.807) is 0 Å². The summed E-state index contributed by atoms with van der Waals surface area (Å²) < 4.78 is 0. The van der Waals surface area contributed by atoms with E-state index in [-0.39, 0.29) is 5.54 Å². The number of benzene rings is 2. The van der Waals surface area contributed by atoms with Gasteiger partial charge in [-0.15, -0.1) is 0 Å². The normalized spacial score (nSPS) is 11.8. The van der Waals surface area contributed by atoms with Gasteiger partial charge in [0.25, 0.3) is 0 Å². The van der Waals surface area contributed by atoms with Crippen molar-refractivity contribution in [2.24, 2.45) is 0 Å². The highest BCUT2D eigenvalue weighted by atomic mass is 16.5. The molecular weight excluding hydrogens is 246 g/mol. The van der Waals surface area contributed by atoms with Gasteiger partial charge in [-0.05, 0) is 44.0 Å². The Morgan fingerprint density at radius 3 is 2.10 bits per heavy atom. The van der Waals surface area contributed by atoms with Gasteiger partial charge in [-0.25, -0.2) is 0 Å². The summed E-state index contributed by atoms with van der Waals surface area (Å²) in [6.45, 7) is 5.92. The van der Waals surface area contributed by atoms with Crippen molar-refractivity contribution in [3.8, 4) is 0 Å². The van der Waals surface area contributed by atoms with Crippen LogP contribution in [-0.4, -0.2) is 10.7 Å². The van der Waals surface area contributed by atoms with Crippen molar-refractivity contribution in [1.29, 1.82) is 0 Å². The van der Waals surface area contributed by atoms with Crippen LogP contribution in [0.3, 0.4) is 0 Å². The third-order valence-electron chi connectivity index (χ3n) is 3.02. The molecule has 2 nitrogen and oxygen atoms in total. The molecule has 2 heteroatoms. The third-order valence-corrected chi connectivity index (χ3v) is 3.02. The summed E-state index contributed by atoms with van der Waals surface area (Å²) in [6.07, 6.45) is 4.12. The van der Waals surface area contributed by atoms with Crippen LogP contribution >= 0.6 is 0 Å². The Balaban J connectivity index is 2.20. The number of hydrogen-bond donors (Lipinski definition) is 1. The van der Waals surface area contributed by atoms with Gasteiger partial charge in [0.2, 0.25) is 0 Å².